The van der Waals surface area contributed by atoms with Crippen molar-refractivity contribution < 1.29 is 56.8 Å². The second kappa shape index (κ2) is 10.4. The number of rotatable bonds is 8. The zero-order chi connectivity index (χ0) is 25.4. The molecule has 5 unspecified atom stereocenters. The zero-order valence-corrected chi connectivity index (χ0v) is 20.2. The Balaban J connectivity index is 1.55. The zero-order valence-electron chi connectivity index (χ0n) is 18.4. The molecule has 3 aliphatic rings. The van der Waals surface area contributed by atoms with Crippen LogP contribution in [0.5, 0.6) is 0 Å². The number of hydrogen-bond acceptors (Lipinski definition) is 12. The van der Waals surface area contributed by atoms with Crippen LogP contribution in [0.15, 0.2) is 24.2 Å². The van der Waals surface area contributed by atoms with E-state index in [2.05, 4.69) is 20.7 Å². The molecule has 9 atom stereocenters. The predicted octanol–water partition coefficient (Wildman–Crippen LogP) is -0.657. The Labute approximate surface area is 195 Å². The Bertz CT molecular complexity index is 931. The van der Waals surface area contributed by atoms with Crippen molar-refractivity contribution in [3.8, 4) is 0 Å². The quantitative estimate of drug-likeness (QED) is 0.215. The van der Waals surface area contributed by atoms with Crippen LogP contribution in [0.1, 0.15) is 26.7 Å². The van der Waals surface area contributed by atoms with Gasteiger partial charge in [-0.25, -0.2) is 9.13 Å². The fourth-order valence-corrected chi connectivity index (χ4v) is 5.74. The van der Waals surface area contributed by atoms with Crippen LogP contribution in [0.2, 0.25) is 0 Å². The van der Waals surface area contributed by atoms with Crippen LogP contribution in [0.3, 0.4) is 0 Å². The molecule has 0 aromatic rings. The second-order valence-electron chi connectivity index (χ2n) is 8.18. The highest BCUT2D eigenvalue weighted by Gasteiger charge is 2.45. The Morgan fingerprint density at radius 1 is 1.26 bits per heavy atom. The third-order valence-corrected chi connectivity index (χ3v) is 7.91. The van der Waals surface area contributed by atoms with Gasteiger partial charge in [-0.1, -0.05) is 6.58 Å². The van der Waals surface area contributed by atoms with Crippen LogP contribution in [-0.4, -0.2) is 80.4 Å². The van der Waals surface area contributed by atoms with Crippen molar-refractivity contribution in [2.45, 2.75) is 69.7 Å². The fraction of sp³-hybridized carbons (Fsp3) is 0.706. The Morgan fingerprint density at radius 2 is 1.94 bits per heavy atom. The summed E-state index contributed by atoms with van der Waals surface area (Å²) in [5, 5.41) is 22.7. The molecule has 0 aromatic heterocycles. The molecule has 2 fully saturated rings. The largest absolute Gasteiger partial charge is 0.483 e. The third kappa shape index (κ3) is 6.72. The molecule has 0 aliphatic carbocycles. The summed E-state index contributed by atoms with van der Waals surface area (Å²) < 4.78 is 48.9. The average molecular weight is 529 g/mol. The lowest BCUT2D eigenvalue weighted by Gasteiger charge is -2.36. The van der Waals surface area contributed by atoms with Crippen molar-refractivity contribution in [3.05, 3.63) is 24.2 Å². The molecule has 15 nitrogen and oxygen atoms in total. The van der Waals surface area contributed by atoms with Crippen molar-refractivity contribution in [1.29, 1.82) is 0 Å². The first kappa shape index (κ1) is 27.4. The van der Waals surface area contributed by atoms with E-state index in [9.17, 15) is 33.9 Å². The first-order chi connectivity index (χ1) is 15.7. The summed E-state index contributed by atoms with van der Waals surface area (Å²) in [4.78, 5) is 32.9. The topological polar surface area (TPSA) is 220 Å². The fourth-order valence-electron chi connectivity index (χ4n) is 3.58. The molecule has 0 aromatic carbocycles. The number of phosphoric ester groups is 2. The van der Waals surface area contributed by atoms with E-state index in [0.29, 0.717) is 5.57 Å². The van der Waals surface area contributed by atoms with Gasteiger partial charge >= 0.3 is 15.6 Å². The maximum atomic E-state index is 12.2. The van der Waals surface area contributed by atoms with Gasteiger partial charge in [0.05, 0.1) is 18.8 Å². The van der Waals surface area contributed by atoms with Crippen molar-refractivity contribution in [2.75, 3.05) is 6.61 Å². The Morgan fingerprint density at radius 3 is 2.62 bits per heavy atom. The van der Waals surface area contributed by atoms with Crippen molar-refractivity contribution in [1.82, 2.24) is 10.2 Å². The van der Waals surface area contributed by atoms with Crippen molar-refractivity contribution in [2.24, 2.45) is 5.73 Å². The number of aliphatic hydroxyl groups is 2. The number of carbonyl (C=O) groups excluding carboxylic acids is 1. The van der Waals surface area contributed by atoms with Crippen LogP contribution in [0, 0.1) is 0 Å². The van der Waals surface area contributed by atoms with Gasteiger partial charge in [0.2, 0.25) is 0 Å². The van der Waals surface area contributed by atoms with Crippen LogP contribution in [-0.2, 0) is 36.8 Å². The minimum absolute atomic E-state index is 0.0419. The number of hydrogen-bond donors (Lipinski definition) is 6. The average Bonchev–Trinajstić information content (AvgIpc) is 3.06. The summed E-state index contributed by atoms with van der Waals surface area (Å²) in [5.41, 5.74) is 6.08. The summed E-state index contributed by atoms with van der Waals surface area (Å²) >= 11 is 0. The van der Waals surface area contributed by atoms with E-state index < -0.39 is 65.2 Å². The third-order valence-electron chi connectivity index (χ3n) is 5.31. The first-order valence-corrected chi connectivity index (χ1v) is 13.3. The summed E-state index contributed by atoms with van der Waals surface area (Å²) in [7, 11) is -10.4. The molecule has 7 N–H and O–H groups in total. The maximum Gasteiger partial charge on any atom is 0.483 e. The molecule has 2 saturated heterocycles. The number of nitrogens with zero attached hydrogens (tertiary/aromatic N) is 1. The van der Waals surface area contributed by atoms with E-state index in [4.69, 9.17) is 19.7 Å². The monoisotopic (exact) mass is 529 g/mol. The molecule has 34 heavy (non-hydrogen) atoms. The maximum absolute atomic E-state index is 12.2. The van der Waals surface area contributed by atoms with Crippen LogP contribution < -0.4 is 11.1 Å². The standard InChI is InChI=1S/C17H29N3O12P2/c1-8-6-20(10(3)19-16(8)23)14-5-12(21)13(30-14)7-28-33(24,25)32-34(26,27)31-17-15(22)11(18)4-9(2)29-17/h6,9,11-15,17,21-22H,3-5,7,18H2,1-2H3,(H,19,23)(H,24,25)(H,26,27)/t9?,11-,12?,13+,14+,15?,17-/m0/s1. The van der Waals surface area contributed by atoms with E-state index in [1.54, 1.807) is 13.8 Å². The van der Waals surface area contributed by atoms with Gasteiger partial charge in [-0.3, -0.25) is 13.8 Å². The van der Waals surface area contributed by atoms with Crippen LogP contribution >= 0.6 is 15.6 Å². The summed E-state index contributed by atoms with van der Waals surface area (Å²) in [5.74, 6) is -0.124. The lowest BCUT2D eigenvalue weighted by molar-refractivity contribution is -0.208. The van der Waals surface area contributed by atoms with Crippen molar-refractivity contribution >= 4 is 21.6 Å². The molecule has 0 radical (unpaired) electrons. The molecule has 0 bridgehead atoms. The number of aliphatic hydroxyl groups excluding tert-OH is 2. The van der Waals surface area contributed by atoms with E-state index >= 15 is 0 Å². The molecular formula is C17H29N3O12P2. The second-order valence-corrected chi connectivity index (χ2v) is 11.2. The Hall–Kier alpha value is -1.19. The van der Waals surface area contributed by atoms with E-state index in [0.717, 1.165) is 0 Å². The minimum atomic E-state index is -5.25. The van der Waals surface area contributed by atoms with E-state index in [-0.39, 0.29) is 24.6 Å². The molecule has 3 rings (SSSR count). The molecule has 1 amide bonds. The van der Waals surface area contributed by atoms with Gasteiger partial charge in [0.1, 0.15) is 24.3 Å². The van der Waals surface area contributed by atoms with Gasteiger partial charge in [-0.05, 0) is 20.3 Å². The molecule has 194 valence electrons. The highest BCUT2D eigenvalue weighted by Crippen LogP contribution is 2.61. The lowest BCUT2D eigenvalue weighted by Crippen LogP contribution is -2.52. The highest BCUT2D eigenvalue weighted by atomic mass is 31.3. The number of carbonyl (C=O) groups is 1. The summed E-state index contributed by atoms with van der Waals surface area (Å²) in [6.45, 7) is 6.18. The number of ether oxygens (including phenoxy) is 2. The number of phosphoric acid groups is 2. The smallest absolute Gasteiger partial charge is 0.390 e. The molecular weight excluding hydrogens is 500 g/mol. The SMILES string of the molecule is C=C1NC(=O)C(C)=CN1[C@H]1CC(O)[C@@H](COP(=O)(O)OP(=O)(O)O[C@@H]2OC(C)C[C@H](N)C2O)O1. The normalized spacial score (nSPS) is 38.1. The molecule has 3 heterocycles. The van der Waals surface area contributed by atoms with Gasteiger partial charge in [0.25, 0.3) is 5.91 Å². The van der Waals surface area contributed by atoms with E-state index in [1.807, 2.05) is 0 Å². The Kier molecular flexibility index (Phi) is 8.40. The first-order valence-electron chi connectivity index (χ1n) is 10.3. The number of nitrogens with one attached hydrogen (secondary N) is 1. The van der Waals surface area contributed by atoms with Crippen LogP contribution in [0.25, 0.3) is 0 Å². The predicted molar refractivity (Wildman–Crippen MR) is 113 cm³/mol. The molecule has 0 spiro atoms. The van der Waals surface area contributed by atoms with Gasteiger partial charge < -0.3 is 45.4 Å². The van der Waals surface area contributed by atoms with Gasteiger partial charge in [0, 0.05) is 24.2 Å². The molecule has 0 saturated carbocycles. The number of nitrogens with two attached hydrogens (primary N) is 1. The lowest BCUT2D eigenvalue weighted by atomic mass is 10.0. The summed E-state index contributed by atoms with van der Waals surface area (Å²) in [6.07, 6.45) is -4.92. The van der Waals surface area contributed by atoms with Gasteiger partial charge in [-0.15, -0.1) is 0 Å². The number of amides is 1. The molecule has 17 heteroatoms. The van der Waals surface area contributed by atoms with Gasteiger partial charge in [0.15, 0.2) is 6.29 Å². The van der Waals surface area contributed by atoms with Crippen molar-refractivity contribution in [3.63, 3.8) is 0 Å². The van der Waals surface area contributed by atoms with E-state index in [1.165, 1.54) is 11.1 Å². The molecule has 3 aliphatic heterocycles. The summed E-state index contributed by atoms with van der Waals surface area (Å²) in [6, 6.07) is -0.817. The van der Waals surface area contributed by atoms with Gasteiger partial charge in [-0.2, -0.15) is 4.31 Å². The highest BCUT2D eigenvalue weighted by molar-refractivity contribution is 7.61. The van der Waals surface area contributed by atoms with Crippen LogP contribution in [0.4, 0.5) is 0 Å². The minimum Gasteiger partial charge on any atom is -0.390 e.